The van der Waals surface area contributed by atoms with Crippen LogP contribution in [0.3, 0.4) is 0 Å². The summed E-state index contributed by atoms with van der Waals surface area (Å²) >= 11 is 5.58. The number of halogens is 2. The van der Waals surface area contributed by atoms with Crippen molar-refractivity contribution in [3.8, 4) is 5.75 Å². The molecule has 0 amide bonds. The number of aliphatic hydroxyl groups is 1. The van der Waals surface area contributed by atoms with E-state index in [4.69, 9.17) is 16.3 Å². The zero-order chi connectivity index (χ0) is 12.3. The number of rotatable bonds is 3. The van der Waals surface area contributed by atoms with E-state index in [-0.39, 0.29) is 11.6 Å². The summed E-state index contributed by atoms with van der Waals surface area (Å²) < 4.78 is 18.6. The molecule has 1 N–H and O–H groups in total. The van der Waals surface area contributed by atoms with Gasteiger partial charge in [0.25, 0.3) is 0 Å². The summed E-state index contributed by atoms with van der Waals surface area (Å²) in [5.74, 6) is -0.0919. The van der Waals surface area contributed by atoms with Crippen LogP contribution in [0.1, 0.15) is 32.1 Å². The monoisotopic (exact) mass is 258 g/mol. The first-order valence-electron chi connectivity index (χ1n) is 5.89. The third kappa shape index (κ3) is 3.33. The van der Waals surface area contributed by atoms with Crippen LogP contribution in [0.2, 0.25) is 5.02 Å². The Morgan fingerprint density at radius 2 is 2.00 bits per heavy atom. The molecule has 2 rings (SSSR count). The van der Waals surface area contributed by atoms with E-state index in [9.17, 15) is 9.50 Å². The fourth-order valence-electron chi connectivity index (χ4n) is 2.14. The van der Waals surface area contributed by atoms with E-state index in [1.165, 1.54) is 12.1 Å². The minimum atomic E-state index is -0.756. The van der Waals surface area contributed by atoms with Gasteiger partial charge in [-0.25, -0.2) is 4.39 Å². The van der Waals surface area contributed by atoms with E-state index in [0.717, 1.165) is 32.1 Å². The summed E-state index contributed by atoms with van der Waals surface area (Å²) in [4.78, 5) is 0. The van der Waals surface area contributed by atoms with Gasteiger partial charge in [-0.05, 0) is 25.0 Å². The van der Waals surface area contributed by atoms with Gasteiger partial charge in [0.15, 0.2) is 0 Å². The van der Waals surface area contributed by atoms with Gasteiger partial charge in [0.1, 0.15) is 18.2 Å². The predicted octanol–water partition coefficient (Wildman–Crippen LogP) is 3.55. The highest BCUT2D eigenvalue weighted by atomic mass is 35.5. The van der Waals surface area contributed by atoms with E-state index in [0.29, 0.717) is 5.75 Å². The van der Waals surface area contributed by atoms with E-state index in [2.05, 4.69) is 0 Å². The van der Waals surface area contributed by atoms with Crippen LogP contribution >= 0.6 is 11.6 Å². The van der Waals surface area contributed by atoms with Crippen LogP contribution in [0.25, 0.3) is 0 Å². The topological polar surface area (TPSA) is 29.5 Å². The van der Waals surface area contributed by atoms with Crippen LogP contribution in [0.4, 0.5) is 4.39 Å². The summed E-state index contributed by atoms with van der Waals surface area (Å²) in [6.45, 7) is 0.216. The SMILES string of the molecule is OC1(COc2ccc(Cl)c(F)c2)CCCCC1. The molecule has 0 radical (unpaired) electrons. The Labute approximate surface area is 105 Å². The molecule has 0 saturated heterocycles. The lowest BCUT2D eigenvalue weighted by Crippen LogP contribution is -2.37. The molecule has 1 aromatic carbocycles. The molecule has 0 aromatic heterocycles. The highest BCUT2D eigenvalue weighted by Crippen LogP contribution is 2.29. The molecule has 2 nitrogen and oxygen atoms in total. The van der Waals surface area contributed by atoms with Crippen molar-refractivity contribution in [2.45, 2.75) is 37.7 Å². The maximum Gasteiger partial charge on any atom is 0.145 e. The van der Waals surface area contributed by atoms with Gasteiger partial charge in [-0.2, -0.15) is 0 Å². The van der Waals surface area contributed by atoms with E-state index >= 15 is 0 Å². The van der Waals surface area contributed by atoms with Crippen molar-refractivity contribution in [1.29, 1.82) is 0 Å². The average molecular weight is 259 g/mol. The van der Waals surface area contributed by atoms with Crippen molar-refractivity contribution in [1.82, 2.24) is 0 Å². The van der Waals surface area contributed by atoms with E-state index < -0.39 is 11.4 Å². The molecule has 94 valence electrons. The first-order chi connectivity index (χ1) is 8.09. The van der Waals surface area contributed by atoms with Crippen molar-refractivity contribution < 1.29 is 14.2 Å². The Balaban J connectivity index is 1.94. The summed E-state index contributed by atoms with van der Waals surface area (Å²) in [6, 6.07) is 4.31. The van der Waals surface area contributed by atoms with Gasteiger partial charge in [0, 0.05) is 6.07 Å². The molecule has 1 aliphatic rings. The fraction of sp³-hybridized carbons (Fsp3) is 0.538. The maximum atomic E-state index is 13.2. The molecule has 17 heavy (non-hydrogen) atoms. The molecule has 1 saturated carbocycles. The molecule has 0 unspecified atom stereocenters. The van der Waals surface area contributed by atoms with Gasteiger partial charge in [-0.3, -0.25) is 0 Å². The summed E-state index contributed by atoms with van der Waals surface area (Å²) in [5, 5.41) is 10.3. The van der Waals surface area contributed by atoms with Gasteiger partial charge in [-0.1, -0.05) is 30.9 Å². The van der Waals surface area contributed by atoms with Gasteiger partial charge >= 0.3 is 0 Å². The summed E-state index contributed by atoms with van der Waals surface area (Å²) in [7, 11) is 0. The zero-order valence-corrected chi connectivity index (χ0v) is 10.3. The van der Waals surface area contributed by atoms with Gasteiger partial charge in [0.2, 0.25) is 0 Å². The average Bonchev–Trinajstić information content (AvgIpc) is 2.32. The van der Waals surface area contributed by atoms with Crippen LogP contribution in [-0.4, -0.2) is 17.3 Å². The summed E-state index contributed by atoms with van der Waals surface area (Å²) in [5.41, 5.74) is -0.756. The number of hydrogen-bond donors (Lipinski definition) is 1. The molecule has 0 heterocycles. The van der Waals surface area contributed by atoms with Crippen molar-refractivity contribution in [2.24, 2.45) is 0 Å². The zero-order valence-electron chi connectivity index (χ0n) is 9.59. The molecule has 1 aliphatic carbocycles. The Bertz CT molecular complexity index is 389. The molecule has 0 atom stereocenters. The fourth-order valence-corrected chi connectivity index (χ4v) is 2.26. The van der Waals surface area contributed by atoms with Crippen molar-refractivity contribution in [2.75, 3.05) is 6.61 Å². The molecular weight excluding hydrogens is 243 g/mol. The largest absolute Gasteiger partial charge is 0.490 e. The second-order valence-corrected chi connectivity index (χ2v) is 5.06. The Kier molecular flexibility index (Phi) is 3.89. The maximum absolute atomic E-state index is 13.2. The normalized spacial score (nSPS) is 19.0. The molecule has 0 spiro atoms. The standard InChI is InChI=1S/C13H16ClFO2/c14-11-5-4-10(8-12(11)15)17-9-13(16)6-2-1-3-7-13/h4-5,8,16H,1-3,6-7,9H2. The molecule has 0 aliphatic heterocycles. The number of hydrogen-bond acceptors (Lipinski definition) is 2. The molecular formula is C13H16ClFO2. The molecule has 1 fully saturated rings. The van der Waals surface area contributed by atoms with Crippen LogP contribution in [-0.2, 0) is 0 Å². The van der Waals surface area contributed by atoms with E-state index in [1.807, 2.05) is 0 Å². The van der Waals surface area contributed by atoms with Gasteiger partial charge in [-0.15, -0.1) is 0 Å². The van der Waals surface area contributed by atoms with Crippen molar-refractivity contribution in [3.63, 3.8) is 0 Å². The predicted molar refractivity (Wildman–Crippen MR) is 64.9 cm³/mol. The molecule has 1 aromatic rings. The first-order valence-corrected chi connectivity index (χ1v) is 6.27. The van der Waals surface area contributed by atoms with Gasteiger partial charge < -0.3 is 9.84 Å². The number of benzene rings is 1. The van der Waals surface area contributed by atoms with Crippen molar-refractivity contribution in [3.05, 3.63) is 29.0 Å². The quantitative estimate of drug-likeness (QED) is 0.898. The second-order valence-electron chi connectivity index (χ2n) is 4.65. The minimum absolute atomic E-state index is 0.0775. The lowest BCUT2D eigenvalue weighted by atomic mass is 9.85. The second kappa shape index (κ2) is 5.23. The number of ether oxygens (including phenoxy) is 1. The van der Waals surface area contributed by atoms with Crippen LogP contribution in [0.15, 0.2) is 18.2 Å². The lowest BCUT2D eigenvalue weighted by Gasteiger charge is -2.31. The highest BCUT2D eigenvalue weighted by molar-refractivity contribution is 6.30. The first kappa shape index (κ1) is 12.7. The third-order valence-electron chi connectivity index (χ3n) is 3.18. The minimum Gasteiger partial charge on any atom is -0.490 e. The lowest BCUT2D eigenvalue weighted by molar-refractivity contribution is -0.0339. The van der Waals surface area contributed by atoms with Gasteiger partial charge in [0.05, 0.1) is 10.6 Å². The smallest absolute Gasteiger partial charge is 0.145 e. The molecule has 0 bridgehead atoms. The van der Waals surface area contributed by atoms with Crippen LogP contribution in [0.5, 0.6) is 5.75 Å². The van der Waals surface area contributed by atoms with Crippen LogP contribution < -0.4 is 4.74 Å². The highest BCUT2D eigenvalue weighted by Gasteiger charge is 2.29. The summed E-state index contributed by atoms with van der Waals surface area (Å²) in [6.07, 6.45) is 4.72. The molecule has 4 heteroatoms. The third-order valence-corrected chi connectivity index (χ3v) is 3.49. The Morgan fingerprint density at radius 1 is 1.29 bits per heavy atom. The van der Waals surface area contributed by atoms with E-state index in [1.54, 1.807) is 6.07 Å². The Hall–Kier alpha value is -0.800. The van der Waals surface area contributed by atoms with Crippen LogP contribution in [0, 0.1) is 5.82 Å². The van der Waals surface area contributed by atoms with Crippen molar-refractivity contribution >= 4 is 11.6 Å². The Morgan fingerprint density at radius 3 is 2.65 bits per heavy atom.